The van der Waals surface area contributed by atoms with Gasteiger partial charge in [0.2, 0.25) is 5.88 Å². The lowest BCUT2D eigenvalue weighted by Gasteiger charge is -2.10. The number of ether oxygens (including phenoxy) is 2. The van der Waals surface area contributed by atoms with Crippen LogP contribution in [0.4, 0.5) is 5.69 Å². The second-order valence-electron chi connectivity index (χ2n) is 7.43. The number of aromatic nitrogens is 2. The molecule has 4 rings (SSSR count). The molecule has 0 radical (unpaired) electrons. The van der Waals surface area contributed by atoms with Gasteiger partial charge in [0.1, 0.15) is 5.75 Å². The average Bonchev–Trinajstić information content (AvgIpc) is 3.09. The van der Waals surface area contributed by atoms with Crippen LogP contribution in [-0.2, 0) is 11.3 Å². The van der Waals surface area contributed by atoms with Crippen LogP contribution in [0.25, 0.3) is 10.9 Å². The van der Waals surface area contributed by atoms with Gasteiger partial charge in [-0.2, -0.15) is 0 Å². The van der Waals surface area contributed by atoms with Crippen LogP contribution in [0.5, 0.6) is 11.6 Å². The van der Waals surface area contributed by atoms with E-state index in [-0.39, 0.29) is 0 Å². The minimum atomic E-state index is -0.754. The molecule has 0 saturated carbocycles. The van der Waals surface area contributed by atoms with E-state index in [0.29, 0.717) is 45.5 Å². The number of fused-ring (bicyclic) bond motifs is 1. The quantitative estimate of drug-likeness (QED) is 0.312. The van der Waals surface area contributed by atoms with Crippen LogP contribution in [-0.4, -0.2) is 35.5 Å². The molecule has 4 aromatic rings. The van der Waals surface area contributed by atoms with Gasteiger partial charge in [0.05, 0.1) is 19.8 Å². The summed E-state index contributed by atoms with van der Waals surface area (Å²) < 4.78 is 12.4. The number of amides is 1. The third kappa shape index (κ3) is 4.54. The minimum Gasteiger partial charge on any atom is -0.497 e. The number of carbonyl (C=O) groups excluding carboxylic acids is 2. The van der Waals surface area contributed by atoms with Gasteiger partial charge in [0, 0.05) is 46.1 Å². The molecule has 0 fully saturated rings. The fraction of sp³-hybridized carbons (Fsp3) is 0.160. The summed E-state index contributed by atoms with van der Waals surface area (Å²) in [5.74, 6) is -0.475. The van der Waals surface area contributed by atoms with E-state index < -0.39 is 11.7 Å². The molecule has 0 spiro atoms. The largest absolute Gasteiger partial charge is 0.497 e. The third-order valence-electron chi connectivity index (χ3n) is 5.40. The Labute approximate surface area is 195 Å². The highest BCUT2D eigenvalue weighted by Crippen LogP contribution is 2.31. The molecule has 0 unspecified atom stereocenters. The van der Waals surface area contributed by atoms with Crippen molar-refractivity contribution in [1.29, 1.82) is 0 Å². The Morgan fingerprint density at radius 2 is 1.88 bits per heavy atom. The van der Waals surface area contributed by atoms with E-state index >= 15 is 0 Å². The van der Waals surface area contributed by atoms with Crippen LogP contribution in [0.15, 0.2) is 60.8 Å². The Morgan fingerprint density at radius 1 is 1.06 bits per heavy atom. The summed E-state index contributed by atoms with van der Waals surface area (Å²) in [6.45, 7) is 2.32. The number of methoxy groups -OCH3 is 2. The molecule has 7 nitrogen and oxygen atoms in total. The number of nitrogens with one attached hydrogen (secondary N) is 1. The Bertz CT molecular complexity index is 1360. The molecule has 0 aliphatic carbocycles. The lowest BCUT2D eigenvalue weighted by atomic mass is 10.1. The maximum Gasteiger partial charge on any atom is 0.296 e. The second kappa shape index (κ2) is 9.34. The molecule has 0 atom stereocenters. The highest BCUT2D eigenvalue weighted by molar-refractivity contribution is 6.48. The Balaban J connectivity index is 1.76. The molecule has 0 saturated heterocycles. The van der Waals surface area contributed by atoms with Crippen molar-refractivity contribution in [3.63, 3.8) is 0 Å². The van der Waals surface area contributed by atoms with Gasteiger partial charge in [-0.05, 0) is 48.9 Å². The van der Waals surface area contributed by atoms with Crippen molar-refractivity contribution in [3.05, 3.63) is 82.6 Å². The predicted molar refractivity (Wildman–Crippen MR) is 128 cm³/mol. The first-order chi connectivity index (χ1) is 15.9. The van der Waals surface area contributed by atoms with Crippen LogP contribution in [0, 0.1) is 6.92 Å². The third-order valence-corrected chi connectivity index (χ3v) is 5.63. The fourth-order valence-corrected chi connectivity index (χ4v) is 4.01. The number of nitrogens with zero attached hydrogens (tertiary/aromatic N) is 2. The molecule has 2 aromatic heterocycles. The van der Waals surface area contributed by atoms with Crippen LogP contribution in [0.2, 0.25) is 5.02 Å². The van der Waals surface area contributed by atoms with Gasteiger partial charge in [-0.1, -0.05) is 23.7 Å². The van der Waals surface area contributed by atoms with E-state index in [2.05, 4.69) is 10.3 Å². The number of rotatable bonds is 7. The number of carbonyl (C=O) groups is 2. The molecular weight excluding hydrogens is 442 g/mol. The Kier molecular flexibility index (Phi) is 6.33. The van der Waals surface area contributed by atoms with E-state index in [4.69, 9.17) is 21.1 Å². The summed E-state index contributed by atoms with van der Waals surface area (Å²) >= 11 is 6.16. The number of anilines is 1. The van der Waals surface area contributed by atoms with Crippen molar-refractivity contribution in [2.45, 2.75) is 13.5 Å². The van der Waals surface area contributed by atoms with Crippen molar-refractivity contribution in [2.24, 2.45) is 0 Å². The van der Waals surface area contributed by atoms with E-state index in [9.17, 15) is 9.59 Å². The molecular formula is C25H22ClN3O4. The first-order valence-electron chi connectivity index (χ1n) is 10.2. The van der Waals surface area contributed by atoms with Gasteiger partial charge in [-0.25, -0.2) is 4.98 Å². The van der Waals surface area contributed by atoms with Crippen LogP contribution in [0.1, 0.15) is 21.6 Å². The van der Waals surface area contributed by atoms with Gasteiger partial charge < -0.3 is 19.4 Å². The van der Waals surface area contributed by atoms with E-state index in [1.807, 2.05) is 47.9 Å². The summed E-state index contributed by atoms with van der Waals surface area (Å²) in [7, 11) is 3.03. The monoisotopic (exact) mass is 463 g/mol. The first kappa shape index (κ1) is 22.4. The van der Waals surface area contributed by atoms with E-state index in [0.717, 1.165) is 11.1 Å². The minimum absolute atomic E-state index is 0.324. The number of Topliss-reactive ketones (excluding diaryl/α,β-unsaturated/α-hetero) is 1. The number of ketones is 1. The summed E-state index contributed by atoms with van der Waals surface area (Å²) in [5.41, 5.74) is 3.20. The normalized spacial score (nSPS) is 10.8. The van der Waals surface area contributed by atoms with Crippen LogP contribution >= 0.6 is 11.6 Å². The predicted octanol–water partition coefficient (Wildman–Crippen LogP) is 4.89. The summed E-state index contributed by atoms with van der Waals surface area (Å²) in [5, 5.41) is 3.91. The van der Waals surface area contributed by atoms with Crippen LogP contribution in [0.3, 0.4) is 0 Å². The molecule has 0 aliphatic rings. The van der Waals surface area contributed by atoms with Crippen LogP contribution < -0.4 is 14.8 Å². The number of hydrogen-bond acceptors (Lipinski definition) is 5. The maximum atomic E-state index is 13.3. The zero-order chi connectivity index (χ0) is 23.5. The average molecular weight is 464 g/mol. The molecule has 2 aromatic carbocycles. The highest BCUT2D eigenvalue weighted by Gasteiger charge is 2.26. The van der Waals surface area contributed by atoms with Crippen molar-refractivity contribution in [3.8, 4) is 11.6 Å². The second-order valence-corrected chi connectivity index (χ2v) is 7.87. The fourth-order valence-electron chi connectivity index (χ4n) is 3.80. The van der Waals surface area contributed by atoms with Gasteiger partial charge >= 0.3 is 0 Å². The molecule has 0 bridgehead atoms. The van der Waals surface area contributed by atoms with Gasteiger partial charge in [-0.3, -0.25) is 9.59 Å². The molecule has 8 heteroatoms. The molecule has 2 heterocycles. The number of pyridine rings is 1. The highest BCUT2D eigenvalue weighted by atomic mass is 35.5. The summed E-state index contributed by atoms with van der Waals surface area (Å²) in [4.78, 5) is 30.2. The zero-order valence-corrected chi connectivity index (χ0v) is 19.1. The molecule has 0 aliphatic heterocycles. The van der Waals surface area contributed by atoms with Crippen molar-refractivity contribution in [1.82, 2.24) is 9.55 Å². The lowest BCUT2D eigenvalue weighted by molar-refractivity contribution is -0.112. The van der Waals surface area contributed by atoms with Crippen molar-refractivity contribution in [2.75, 3.05) is 19.5 Å². The standard InChI is InChI=1S/C25H22ClN3O4/c1-15-23(24(30)25(31)28-18-9-10-27-22(12-18)33-3)20-13-19(32-2)7-8-21(20)29(15)14-16-5-4-6-17(26)11-16/h4-13H,14H2,1-3H3,(H,27,28,31). The van der Waals surface area contributed by atoms with Gasteiger partial charge in [0.25, 0.3) is 11.7 Å². The number of hydrogen-bond donors (Lipinski definition) is 1. The summed E-state index contributed by atoms with van der Waals surface area (Å²) in [6, 6.07) is 16.1. The maximum absolute atomic E-state index is 13.3. The Hall–Kier alpha value is -3.84. The van der Waals surface area contributed by atoms with E-state index in [1.54, 1.807) is 25.3 Å². The Morgan fingerprint density at radius 3 is 2.61 bits per heavy atom. The number of benzene rings is 2. The molecule has 1 N–H and O–H groups in total. The smallest absolute Gasteiger partial charge is 0.296 e. The lowest BCUT2D eigenvalue weighted by Crippen LogP contribution is -2.23. The molecule has 168 valence electrons. The molecule has 33 heavy (non-hydrogen) atoms. The van der Waals surface area contributed by atoms with Gasteiger partial charge in [-0.15, -0.1) is 0 Å². The van der Waals surface area contributed by atoms with E-state index in [1.165, 1.54) is 13.3 Å². The van der Waals surface area contributed by atoms with Crippen molar-refractivity contribution < 1.29 is 19.1 Å². The topological polar surface area (TPSA) is 82.5 Å². The first-order valence-corrected chi connectivity index (χ1v) is 10.6. The SMILES string of the molecule is COc1ccc2c(c1)c(C(=O)C(=O)Nc1ccnc(OC)c1)c(C)n2Cc1cccc(Cl)c1. The summed E-state index contributed by atoms with van der Waals surface area (Å²) in [6.07, 6.45) is 1.49. The molecule has 1 amide bonds. The number of halogens is 1. The zero-order valence-electron chi connectivity index (χ0n) is 18.4. The van der Waals surface area contributed by atoms with Crippen molar-refractivity contribution >= 4 is 39.9 Å². The van der Waals surface area contributed by atoms with Gasteiger partial charge in [0.15, 0.2) is 0 Å².